The average molecular weight is 525 g/mol. The van der Waals surface area contributed by atoms with Crippen LogP contribution in [-0.2, 0) is 0 Å². The number of aryl methyl sites for hydroxylation is 2. The molecule has 0 fully saturated rings. The van der Waals surface area contributed by atoms with E-state index >= 15 is 0 Å². The Labute approximate surface area is 223 Å². The number of carbonyl (C=O) groups is 2. The minimum Gasteiger partial charge on any atom is -0.508 e. The molecule has 8 heteroatoms. The van der Waals surface area contributed by atoms with Crippen molar-refractivity contribution in [2.45, 2.75) is 25.7 Å². The van der Waals surface area contributed by atoms with Crippen LogP contribution in [0.15, 0.2) is 48.5 Å². The molecule has 0 aromatic heterocycles. The predicted molar refractivity (Wildman–Crippen MR) is 141 cm³/mol. The number of hydrogen-bond donors (Lipinski definition) is 5. The summed E-state index contributed by atoms with van der Waals surface area (Å²) in [5.74, 6) is -4.18. The maximum atomic E-state index is 13.7. The van der Waals surface area contributed by atoms with Crippen molar-refractivity contribution in [3.8, 4) is 34.5 Å². The first-order chi connectivity index (χ1) is 18.5. The summed E-state index contributed by atoms with van der Waals surface area (Å²) < 4.78 is 5.41. The first-order valence-corrected chi connectivity index (χ1v) is 12.2. The number of aromatic hydroxyl groups is 5. The van der Waals surface area contributed by atoms with E-state index in [9.17, 15) is 35.1 Å². The third-order valence-electron chi connectivity index (χ3n) is 7.66. The maximum absolute atomic E-state index is 13.7. The number of ketones is 2. The lowest BCUT2D eigenvalue weighted by Gasteiger charge is -2.38. The second-order valence-electron chi connectivity index (χ2n) is 10.2. The fourth-order valence-corrected chi connectivity index (χ4v) is 6.24. The fourth-order valence-electron chi connectivity index (χ4n) is 6.24. The van der Waals surface area contributed by atoms with Gasteiger partial charge in [-0.05, 0) is 71.5 Å². The SMILES string of the molecule is COc1cc(O)c2c(c1)[C@H]([C@@H]1c3cc(C)cc(O)c3C(=O)c3c(O)cc(O)cc31)c1cc(C)cc(O)c1C2=O. The number of phenolic OH excluding ortho intramolecular Hbond substituents is 5. The van der Waals surface area contributed by atoms with E-state index in [0.717, 1.165) is 6.07 Å². The Kier molecular flexibility index (Phi) is 5.16. The minimum atomic E-state index is -0.838. The summed E-state index contributed by atoms with van der Waals surface area (Å²) in [6, 6.07) is 11.8. The zero-order chi connectivity index (χ0) is 27.9. The van der Waals surface area contributed by atoms with Gasteiger partial charge in [0.15, 0.2) is 0 Å². The molecule has 0 spiro atoms. The lowest BCUT2D eigenvalue weighted by Crippen LogP contribution is -2.29. The van der Waals surface area contributed by atoms with Crippen LogP contribution in [0.2, 0.25) is 0 Å². The van der Waals surface area contributed by atoms with Crippen LogP contribution < -0.4 is 4.74 Å². The molecule has 0 saturated heterocycles. The van der Waals surface area contributed by atoms with E-state index in [1.54, 1.807) is 32.0 Å². The summed E-state index contributed by atoms with van der Waals surface area (Å²) in [7, 11) is 1.42. The number of methoxy groups -OCH3 is 1. The Morgan fingerprint density at radius 1 is 0.538 bits per heavy atom. The molecule has 2 atom stereocenters. The monoisotopic (exact) mass is 524 g/mol. The fraction of sp³-hybridized carbons (Fsp3) is 0.161. The van der Waals surface area contributed by atoms with Crippen molar-refractivity contribution in [1.29, 1.82) is 0 Å². The molecular weight excluding hydrogens is 500 g/mol. The van der Waals surface area contributed by atoms with Gasteiger partial charge < -0.3 is 30.3 Å². The van der Waals surface area contributed by atoms with Crippen LogP contribution in [-0.4, -0.2) is 44.2 Å². The van der Waals surface area contributed by atoms with Crippen LogP contribution in [0.3, 0.4) is 0 Å². The van der Waals surface area contributed by atoms with Crippen molar-refractivity contribution in [3.05, 3.63) is 104 Å². The molecule has 0 saturated carbocycles. The largest absolute Gasteiger partial charge is 0.508 e. The molecule has 4 aromatic carbocycles. The van der Waals surface area contributed by atoms with Crippen LogP contribution in [0.1, 0.15) is 77.1 Å². The molecule has 2 aliphatic carbocycles. The molecule has 0 aliphatic heterocycles. The maximum Gasteiger partial charge on any atom is 0.201 e. The lowest BCUT2D eigenvalue weighted by molar-refractivity contribution is 0.101. The first-order valence-electron chi connectivity index (χ1n) is 12.2. The highest BCUT2D eigenvalue weighted by atomic mass is 16.5. The summed E-state index contributed by atoms with van der Waals surface area (Å²) in [6.45, 7) is 3.52. The Hall–Kier alpha value is -4.98. The highest BCUT2D eigenvalue weighted by Crippen LogP contribution is 2.56. The molecule has 2 aliphatic rings. The summed E-state index contributed by atoms with van der Waals surface area (Å²) in [6.07, 6.45) is 0. The third kappa shape index (κ3) is 3.38. The van der Waals surface area contributed by atoms with Gasteiger partial charge in [0.05, 0.1) is 29.4 Å². The highest BCUT2D eigenvalue weighted by molar-refractivity contribution is 6.18. The van der Waals surface area contributed by atoms with E-state index in [2.05, 4.69) is 0 Å². The van der Waals surface area contributed by atoms with Crippen LogP contribution >= 0.6 is 0 Å². The summed E-state index contributed by atoms with van der Waals surface area (Å²) >= 11 is 0. The predicted octanol–water partition coefficient (Wildman–Crippen LogP) is 4.89. The van der Waals surface area contributed by atoms with Gasteiger partial charge in [-0.1, -0.05) is 12.1 Å². The van der Waals surface area contributed by atoms with E-state index in [0.29, 0.717) is 27.8 Å². The Morgan fingerprint density at radius 2 is 0.923 bits per heavy atom. The molecule has 8 nitrogen and oxygen atoms in total. The van der Waals surface area contributed by atoms with Gasteiger partial charge in [0.1, 0.15) is 34.5 Å². The van der Waals surface area contributed by atoms with E-state index in [1.807, 2.05) is 0 Å². The molecule has 6 rings (SSSR count). The van der Waals surface area contributed by atoms with Crippen LogP contribution in [0.25, 0.3) is 0 Å². The van der Waals surface area contributed by atoms with Crippen LogP contribution in [0, 0.1) is 13.8 Å². The quantitative estimate of drug-likeness (QED) is 0.249. The van der Waals surface area contributed by atoms with Crippen molar-refractivity contribution in [2.24, 2.45) is 0 Å². The smallest absolute Gasteiger partial charge is 0.201 e. The zero-order valence-electron chi connectivity index (χ0n) is 21.2. The number of ether oxygens (including phenoxy) is 1. The van der Waals surface area contributed by atoms with E-state index in [1.165, 1.54) is 31.4 Å². The Bertz CT molecular complexity index is 1710. The summed E-state index contributed by atoms with van der Waals surface area (Å²) in [4.78, 5) is 27.4. The van der Waals surface area contributed by atoms with E-state index < -0.39 is 29.2 Å². The van der Waals surface area contributed by atoms with E-state index in [4.69, 9.17) is 4.74 Å². The van der Waals surface area contributed by atoms with Gasteiger partial charge in [0.25, 0.3) is 0 Å². The van der Waals surface area contributed by atoms with Gasteiger partial charge in [-0.3, -0.25) is 9.59 Å². The third-order valence-corrected chi connectivity index (χ3v) is 7.66. The van der Waals surface area contributed by atoms with Gasteiger partial charge >= 0.3 is 0 Å². The molecule has 5 N–H and O–H groups in total. The normalized spacial score (nSPS) is 17.2. The molecule has 39 heavy (non-hydrogen) atoms. The second-order valence-corrected chi connectivity index (χ2v) is 10.2. The van der Waals surface area contributed by atoms with Crippen molar-refractivity contribution >= 4 is 11.6 Å². The van der Waals surface area contributed by atoms with Crippen molar-refractivity contribution in [1.82, 2.24) is 0 Å². The second kappa shape index (κ2) is 8.26. The number of carbonyl (C=O) groups excluding carboxylic acids is 2. The van der Waals surface area contributed by atoms with Gasteiger partial charge in [0, 0.05) is 24.0 Å². The average Bonchev–Trinajstić information content (AvgIpc) is 2.83. The van der Waals surface area contributed by atoms with Crippen molar-refractivity contribution < 1.29 is 39.9 Å². The minimum absolute atomic E-state index is 0.000170. The molecule has 4 aromatic rings. The van der Waals surface area contributed by atoms with Gasteiger partial charge in [-0.15, -0.1) is 0 Å². The molecule has 196 valence electrons. The molecular formula is C31H24O8. The van der Waals surface area contributed by atoms with Crippen molar-refractivity contribution in [3.63, 3.8) is 0 Å². The summed E-state index contributed by atoms with van der Waals surface area (Å²) in [5.41, 5.74) is 2.67. The number of hydrogen-bond acceptors (Lipinski definition) is 8. The first kappa shape index (κ1) is 24.4. The van der Waals surface area contributed by atoms with Gasteiger partial charge in [0.2, 0.25) is 11.6 Å². The lowest BCUT2D eigenvalue weighted by atomic mass is 9.63. The van der Waals surface area contributed by atoms with Crippen LogP contribution in [0.4, 0.5) is 0 Å². The standard InChI is InChI=1S/C31H24O8/c1-12-4-16-24(18-8-14(32)9-22(35)28(18)30(37)26(16)20(33)6-12)25-17-5-13(2)7-21(34)27(17)31(38)29-19(25)10-15(39-3)11-23(29)36/h4-11,24-25,32-36H,1-3H3/t24-,25-/m1/s1. The number of phenols is 5. The van der Waals surface area contributed by atoms with E-state index in [-0.39, 0.29) is 56.6 Å². The van der Waals surface area contributed by atoms with Crippen molar-refractivity contribution in [2.75, 3.05) is 7.11 Å². The topological polar surface area (TPSA) is 145 Å². The molecule has 0 radical (unpaired) electrons. The molecule has 0 bridgehead atoms. The zero-order valence-corrected chi connectivity index (χ0v) is 21.2. The number of benzene rings is 4. The number of rotatable bonds is 2. The Morgan fingerprint density at radius 3 is 1.38 bits per heavy atom. The van der Waals surface area contributed by atoms with Gasteiger partial charge in [-0.25, -0.2) is 0 Å². The van der Waals surface area contributed by atoms with Gasteiger partial charge in [-0.2, -0.15) is 0 Å². The summed E-state index contributed by atoms with van der Waals surface area (Å²) in [5, 5.41) is 54.2. The molecule has 0 heterocycles. The Balaban J connectivity index is 1.80. The molecule has 0 unspecified atom stereocenters. The van der Waals surface area contributed by atoms with Crippen LogP contribution in [0.5, 0.6) is 34.5 Å². The number of fused-ring (bicyclic) bond motifs is 4. The highest BCUT2D eigenvalue weighted by Gasteiger charge is 2.46. The molecule has 0 amide bonds.